The van der Waals surface area contributed by atoms with Crippen LogP contribution in [0.25, 0.3) is 0 Å². The van der Waals surface area contributed by atoms with Crippen molar-refractivity contribution in [3.05, 3.63) is 34.9 Å². The number of rotatable bonds is 8. The summed E-state index contributed by atoms with van der Waals surface area (Å²) < 4.78 is 0. The van der Waals surface area contributed by atoms with Gasteiger partial charge in [0.2, 0.25) is 0 Å². The zero-order valence-corrected chi connectivity index (χ0v) is 14.8. The van der Waals surface area contributed by atoms with Crippen molar-refractivity contribution in [2.24, 2.45) is 5.92 Å². The van der Waals surface area contributed by atoms with E-state index in [2.05, 4.69) is 24.0 Å². The maximum absolute atomic E-state index is 11.3. The van der Waals surface area contributed by atoms with Gasteiger partial charge in [0.15, 0.2) is 0 Å². The first-order chi connectivity index (χ1) is 11.1. The van der Waals surface area contributed by atoms with Crippen LogP contribution in [0.3, 0.4) is 0 Å². The third-order valence-electron chi connectivity index (χ3n) is 4.98. The summed E-state index contributed by atoms with van der Waals surface area (Å²) >= 11 is 5.95. The number of likely N-dealkylation sites (tertiary alicyclic amines) is 1. The molecule has 1 saturated heterocycles. The smallest absolute Gasteiger partial charge is 0.306 e. The summed E-state index contributed by atoms with van der Waals surface area (Å²) in [5.41, 5.74) is 1.38. The molecule has 1 aromatic carbocycles. The van der Waals surface area contributed by atoms with Gasteiger partial charge >= 0.3 is 5.97 Å². The average molecular weight is 338 g/mol. The van der Waals surface area contributed by atoms with E-state index in [1.165, 1.54) is 5.56 Å². The van der Waals surface area contributed by atoms with Crippen molar-refractivity contribution in [3.8, 4) is 0 Å². The maximum atomic E-state index is 11.3. The molecule has 0 bridgehead atoms. The van der Waals surface area contributed by atoms with Crippen molar-refractivity contribution >= 4 is 17.6 Å². The summed E-state index contributed by atoms with van der Waals surface area (Å²) in [6, 6.07) is 8.20. The lowest BCUT2D eigenvalue weighted by atomic mass is 9.89. The molecule has 4 heteroatoms. The minimum Gasteiger partial charge on any atom is -0.481 e. The fourth-order valence-electron chi connectivity index (χ4n) is 3.41. The predicted molar refractivity (Wildman–Crippen MR) is 95.1 cm³/mol. The number of nitrogens with zero attached hydrogens (tertiary/aromatic N) is 1. The zero-order chi connectivity index (χ0) is 16.7. The molecule has 0 aromatic heterocycles. The largest absolute Gasteiger partial charge is 0.481 e. The fraction of sp³-hybridized carbons (Fsp3) is 0.632. The van der Waals surface area contributed by atoms with Crippen LogP contribution in [-0.4, -0.2) is 35.6 Å². The summed E-state index contributed by atoms with van der Waals surface area (Å²) in [5.74, 6) is -0.197. The van der Waals surface area contributed by atoms with E-state index in [4.69, 9.17) is 11.6 Å². The second-order valence-electron chi connectivity index (χ2n) is 6.63. The number of halogens is 1. The van der Waals surface area contributed by atoms with Crippen molar-refractivity contribution in [2.45, 2.75) is 51.4 Å². The molecule has 0 aliphatic carbocycles. The Hall–Kier alpha value is -1.06. The van der Waals surface area contributed by atoms with Crippen LogP contribution in [0, 0.1) is 5.92 Å². The van der Waals surface area contributed by atoms with E-state index in [-0.39, 0.29) is 5.92 Å². The van der Waals surface area contributed by atoms with Crippen LogP contribution < -0.4 is 0 Å². The molecular weight excluding hydrogens is 310 g/mol. The minimum atomic E-state index is -0.630. The highest BCUT2D eigenvalue weighted by molar-refractivity contribution is 6.30. The van der Waals surface area contributed by atoms with E-state index in [1.807, 2.05) is 12.1 Å². The Balaban J connectivity index is 1.75. The van der Waals surface area contributed by atoms with Gasteiger partial charge in [0.25, 0.3) is 0 Å². The molecule has 0 saturated carbocycles. The summed E-state index contributed by atoms with van der Waals surface area (Å²) in [7, 11) is 0. The lowest BCUT2D eigenvalue weighted by Gasteiger charge is -2.32. The van der Waals surface area contributed by atoms with Crippen molar-refractivity contribution in [2.75, 3.05) is 19.6 Å². The van der Waals surface area contributed by atoms with Gasteiger partial charge in [0.05, 0.1) is 5.92 Å². The first kappa shape index (κ1) is 18.3. The highest BCUT2D eigenvalue weighted by atomic mass is 35.5. The quantitative estimate of drug-likeness (QED) is 0.740. The van der Waals surface area contributed by atoms with Gasteiger partial charge in [-0.1, -0.05) is 43.5 Å². The van der Waals surface area contributed by atoms with Gasteiger partial charge in [-0.3, -0.25) is 4.79 Å². The molecule has 1 atom stereocenters. The summed E-state index contributed by atoms with van der Waals surface area (Å²) in [6.07, 6.45) is 5.96. The number of aliphatic carboxylic acids is 1. The molecule has 0 amide bonds. The number of hydrogen-bond acceptors (Lipinski definition) is 2. The zero-order valence-electron chi connectivity index (χ0n) is 14.0. The van der Waals surface area contributed by atoms with E-state index in [0.29, 0.717) is 5.92 Å². The van der Waals surface area contributed by atoms with Crippen molar-refractivity contribution in [1.82, 2.24) is 4.90 Å². The SMILES string of the molecule is CCCCC(CCN1CCC(c2ccc(Cl)cc2)CC1)C(=O)O. The molecule has 1 aromatic rings. The summed E-state index contributed by atoms with van der Waals surface area (Å²) in [6.45, 7) is 5.15. The third-order valence-corrected chi connectivity index (χ3v) is 5.23. The maximum Gasteiger partial charge on any atom is 0.306 e. The van der Waals surface area contributed by atoms with E-state index in [0.717, 1.165) is 63.2 Å². The Morgan fingerprint density at radius 1 is 1.26 bits per heavy atom. The van der Waals surface area contributed by atoms with Crippen LogP contribution in [0.2, 0.25) is 5.02 Å². The fourth-order valence-corrected chi connectivity index (χ4v) is 3.53. The van der Waals surface area contributed by atoms with Crippen molar-refractivity contribution in [3.63, 3.8) is 0 Å². The summed E-state index contributed by atoms with van der Waals surface area (Å²) in [5, 5.41) is 10.1. The van der Waals surface area contributed by atoms with Gasteiger partial charge in [-0.25, -0.2) is 0 Å². The second kappa shape index (κ2) is 9.29. The van der Waals surface area contributed by atoms with Crippen molar-refractivity contribution in [1.29, 1.82) is 0 Å². The van der Waals surface area contributed by atoms with Gasteiger partial charge in [0.1, 0.15) is 0 Å². The van der Waals surface area contributed by atoms with Crippen LogP contribution in [0.1, 0.15) is 56.9 Å². The second-order valence-corrected chi connectivity index (χ2v) is 7.07. The Labute approximate surface area is 144 Å². The first-order valence-electron chi connectivity index (χ1n) is 8.80. The van der Waals surface area contributed by atoms with Crippen molar-refractivity contribution < 1.29 is 9.90 Å². The lowest BCUT2D eigenvalue weighted by molar-refractivity contribution is -0.142. The Morgan fingerprint density at radius 3 is 2.48 bits per heavy atom. The minimum absolute atomic E-state index is 0.177. The highest BCUT2D eigenvalue weighted by Crippen LogP contribution is 2.29. The van der Waals surface area contributed by atoms with E-state index >= 15 is 0 Å². The van der Waals surface area contributed by atoms with Gasteiger partial charge in [0, 0.05) is 5.02 Å². The number of benzene rings is 1. The number of carbonyl (C=O) groups is 1. The van der Waals surface area contributed by atoms with Crippen LogP contribution in [-0.2, 0) is 4.79 Å². The van der Waals surface area contributed by atoms with Gasteiger partial charge in [-0.2, -0.15) is 0 Å². The highest BCUT2D eigenvalue weighted by Gasteiger charge is 2.23. The Morgan fingerprint density at radius 2 is 1.91 bits per heavy atom. The molecular formula is C19H28ClNO2. The van der Waals surface area contributed by atoms with E-state index in [9.17, 15) is 9.90 Å². The first-order valence-corrected chi connectivity index (χ1v) is 9.18. The molecule has 23 heavy (non-hydrogen) atoms. The molecule has 1 unspecified atom stereocenters. The summed E-state index contributed by atoms with van der Waals surface area (Å²) in [4.78, 5) is 13.7. The Kier molecular flexibility index (Phi) is 7.38. The topological polar surface area (TPSA) is 40.5 Å². The van der Waals surface area contributed by atoms with Crippen LogP contribution in [0.5, 0.6) is 0 Å². The molecule has 128 valence electrons. The average Bonchev–Trinajstić information content (AvgIpc) is 2.56. The van der Waals surface area contributed by atoms with Crippen LogP contribution >= 0.6 is 11.6 Å². The molecule has 0 spiro atoms. The normalized spacial score (nSPS) is 18.0. The number of unbranched alkanes of at least 4 members (excludes halogenated alkanes) is 1. The van der Waals surface area contributed by atoms with E-state index in [1.54, 1.807) is 0 Å². The lowest BCUT2D eigenvalue weighted by Crippen LogP contribution is -2.35. The van der Waals surface area contributed by atoms with Crippen LogP contribution in [0.4, 0.5) is 0 Å². The number of carboxylic acid groups (broad SMARTS) is 1. The van der Waals surface area contributed by atoms with Gasteiger partial charge < -0.3 is 10.0 Å². The number of hydrogen-bond donors (Lipinski definition) is 1. The molecule has 1 fully saturated rings. The molecule has 1 heterocycles. The molecule has 1 aliphatic rings. The van der Waals surface area contributed by atoms with Gasteiger partial charge in [-0.15, -0.1) is 0 Å². The molecule has 3 nitrogen and oxygen atoms in total. The number of piperidine rings is 1. The predicted octanol–water partition coefficient (Wildman–Crippen LogP) is 4.80. The third kappa shape index (κ3) is 5.82. The molecule has 2 rings (SSSR count). The Bertz CT molecular complexity index is 481. The standard InChI is InChI=1S/C19H28ClNO2/c1-2-3-4-17(19(22)23)11-14-21-12-9-16(10-13-21)15-5-7-18(20)8-6-15/h5-8,16-17H,2-4,9-14H2,1H3,(H,22,23). The van der Waals surface area contributed by atoms with Gasteiger partial charge in [-0.05, 0) is 68.9 Å². The number of carboxylic acids is 1. The monoisotopic (exact) mass is 337 g/mol. The molecule has 1 N–H and O–H groups in total. The molecule has 1 aliphatic heterocycles. The van der Waals surface area contributed by atoms with E-state index < -0.39 is 5.97 Å². The molecule has 0 radical (unpaired) electrons. The van der Waals surface area contributed by atoms with Crippen LogP contribution in [0.15, 0.2) is 24.3 Å².